The van der Waals surface area contributed by atoms with E-state index >= 15 is 0 Å². The summed E-state index contributed by atoms with van der Waals surface area (Å²) in [4.78, 5) is 25.6. The number of alkyl halides is 3. The van der Waals surface area contributed by atoms with Crippen molar-refractivity contribution in [1.29, 1.82) is 0 Å². The maximum atomic E-state index is 12.8. The van der Waals surface area contributed by atoms with Gasteiger partial charge in [0.15, 0.2) is 5.69 Å². The fraction of sp³-hybridized carbons (Fsp3) is 0.550. The van der Waals surface area contributed by atoms with Crippen LogP contribution in [-0.4, -0.2) is 21.6 Å². The van der Waals surface area contributed by atoms with Crippen LogP contribution in [0, 0.1) is 18.3 Å². The van der Waals surface area contributed by atoms with Crippen LogP contribution in [0.3, 0.4) is 0 Å². The van der Waals surface area contributed by atoms with E-state index < -0.39 is 30.2 Å². The molecule has 1 unspecified atom stereocenters. The number of amides is 2. The van der Waals surface area contributed by atoms with E-state index in [1.165, 1.54) is 18.3 Å². The Morgan fingerprint density at radius 1 is 1.33 bits per heavy atom. The van der Waals surface area contributed by atoms with Gasteiger partial charge in [0.2, 0.25) is 5.91 Å². The zero-order valence-corrected chi connectivity index (χ0v) is 18.1. The van der Waals surface area contributed by atoms with Crippen LogP contribution in [0.1, 0.15) is 59.4 Å². The first-order chi connectivity index (χ1) is 13.8. The quantitative estimate of drug-likeness (QED) is 0.745. The maximum Gasteiger partial charge on any atom is 0.435 e. The second kappa shape index (κ2) is 7.72. The van der Waals surface area contributed by atoms with Gasteiger partial charge in [-0.15, -0.1) is 11.3 Å². The number of carbonyl (C=O) groups excluding carboxylic acids is 2. The van der Waals surface area contributed by atoms with Gasteiger partial charge in [-0.2, -0.15) is 18.3 Å². The molecule has 2 amide bonds. The zero-order chi connectivity index (χ0) is 22.4. The highest BCUT2D eigenvalue weighted by molar-refractivity contribution is 7.17. The molecule has 2 aromatic rings. The van der Waals surface area contributed by atoms with Crippen LogP contribution in [0.2, 0.25) is 0 Å². The maximum absolute atomic E-state index is 12.8. The number of halogens is 3. The molecule has 1 aliphatic carbocycles. The van der Waals surface area contributed by atoms with E-state index in [2.05, 4.69) is 31.2 Å². The summed E-state index contributed by atoms with van der Waals surface area (Å²) in [5.74, 6) is -0.740. The molecule has 1 aliphatic rings. The van der Waals surface area contributed by atoms with E-state index in [1.807, 2.05) is 0 Å². The SMILES string of the molecule is Cc1cc(C(F)(F)F)nn1CC(=O)Nc1sc2c(c1C(N)=O)CCC(C(C)(C)C)C2. The Kier molecular flexibility index (Phi) is 5.74. The monoisotopic (exact) mass is 442 g/mol. The number of rotatable bonds is 4. The van der Waals surface area contributed by atoms with Crippen molar-refractivity contribution < 1.29 is 22.8 Å². The summed E-state index contributed by atoms with van der Waals surface area (Å²) < 4.78 is 39.5. The van der Waals surface area contributed by atoms with Gasteiger partial charge in [-0.05, 0) is 49.1 Å². The summed E-state index contributed by atoms with van der Waals surface area (Å²) in [5.41, 5.74) is 6.04. The second-order valence-electron chi connectivity index (χ2n) is 8.75. The summed E-state index contributed by atoms with van der Waals surface area (Å²) in [6, 6.07) is 0.888. The fourth-order valence-corrected chi connectivity index (χ4v) is 5.13. The number of nitrogens with two attached hydrogens (primary N) is 1. The number of aromatic nitrogens is 2. The lowest BCUT2D eigenvalue weighted by atomic mass is 9.72. The Hall–Kier alpha value is -2.36. The minimum atomic E-state index is -4.58. The molecule has 0 aliphatic heterocycles. The molecule has 3 rings (SSSR count). The number of primary amides is 1. The molecule has 0 saturated heterocycles. The lowest BCUT2D eigenvalue weighted by molar-refractivity contribution is -0.141. The van der Waals surface area contributed by atoms with Crippen LogP contribution in [0.15, 0.2) is 6.07 Å². The minimum Gasteiger partial charge on any atom is -0.365 e. The molecule has 0 aromatic carbocycles. The molecule has 30 heavy (non-hydrogen) atoms. The molecule has 0 saturated carbocycles. The predicted molar refractivity (Wildman–Crippen MR) is 108 cm³/mol. The summed E-state index contributed by atoms with van der Waals surface area (Å²) in [6.45, 7) is 7.58. The van der Waals surface area contributed by atoms with Gasteiger partial charge < -0.3 is 11.1 Å². The summed E-state index contributed by atoms with van der Waals surface area (Å²) in [5, 5.41) is 6.48. The van der Waals surface area contributed by atoms with Crippen molar-refractivity contribution in [3.8, 4) is 0 Å². The molecule has 0 spiro atoms. The van der Waals surface area contributed by atoms with Crippen LogP contribution in [0.25, 0.3) is 0 Å². The molecule has 6 nitrogen and oxygen atoms in total. The van der Waals surface area contributed by atoms with Crippen molar-refractivity contribution in [2.24, 2.45) is 17.1 Å². The van der Waals surface area contributed by atoms with Crippen LogP contribution in [0.4, 0.5) is 18.2 Å². The lowest BCUT2D eigenvalue weighted by Crippen LogP contribution is -2.27. The van der Waals surface area contributed by atoms with Gasteiger partial charge in [-0.1, -0.05) is 20.8 Å². The number of hydrogen-bond donors (Lipinski definition) is 2. The highest BCUT2D eigenvalue weighted by atomic mass is 32.1. The Morgan fingerprint density at radius 3 is 2.53 bits per heavy atom. The Bertz CT molecular complexity index is 986. The van der Waals surface area contributed by atoms with E-state index in [9.17, 15) is 22.8 Å². The van der Waals surface area contributed by atoms with Gasteiger partial charge in [-0.3, -0.25) is 14.3 Å². The van der Waals surface area contributed by atoms with E-state index in [4.69, 9.17) is 5.73 Å². The lowest BCUT2D eigenvalue weighted by Gasteiger charge is -2.33. The predicted octanol–water partition coefficient (Wildman–Crippen LogP) is 4.16. The number of fused-ring (bicyclic) bond motifs is 1. The minimum absolute atomic E-state index is 0.117. The van der Waals surface area contributed by atoms with E-state index in [1.54, 1.807) is 0 Å². The van der Waals surface area contributed by atoms with Gasteiger partial charge >= 0.3 is 6.18 Å². The second-order valence-corrected chi connectivity index (χ2v) is 9.86. The van der Waals surface area contributed by atoms with Gasteiger partial charge in [0.05, 0.1) is 5.56 Å². The average molecular weight is 443 g/mol. The van der Waals surface area contributed by atoms with Crippen molar-refractivity contribution in [3.63, 3.8) is 0 Å². The number of aryl methyl sites for hydroxylation is 1. The van der Waals surface area contributed by atoms with Crippen LogP contribution in [-0.2, 0) is 30.4 Å². The van der Waals surface area contributed by atoms with Gasteiger partial charge in [0.25, 0.3) is 5.91 Å². The number of nitrogens with zero attached hydrogens (tertiary/aromatic N) is 2. The molecule has 0 bridgehead atoms. The molecule has 10 heteroatoms. The first kappa shape index (κ1) is 22.3. The molecule has 0 radical (unpaired) electrons. The van der Waals surface area contributed by atoms with Crippen molar-refractivity contribution in [1.82, 2.24) is 9.78 Å². The van der Waals surface area contributed by atoms with E-state index in [0.29, 0.717) is 22.9 Å². The van der Waals surface area contributed by atoms with Crippen LogP contribution >= 0.6 is 11.3 Å². The Labute approximate surface area is 176 Å². The summed E-state index contributed by atoms with van der Waals surface area (Å²) in [6.07, 6.45) is -2.16. The first-order valence-corrected chi connectivity index (χ1v) is 10.4. The molecule has 2 heterocycles. The molecule has 2 aromatic heterocycles. The van der Waals surface area contributed by atoms with Gasteiger partial charge in [0.1, 0.15) is 11.5 Å². The summed E-state index contributed by atoms with van der Waals surface area (Å²) >= 11 is 1.32. The number of nitrogens with one attached hydrogen (secondary N) is 1. The van der Waals surface area contributed by atoms with Crippen molar-refractivity contribution in [2.75, 3.05) is 5.32 Å². The molecule has 0 fully saturated rings. The Morgan fingerprint density at radius 2 is 2.00 bits per heavy atom. The van der Waals surface area contributed by atoms with Crippen LogP contribution in [0.5, 0.6) is 0 Å². The van der Waals surface area contributed by atoms with E-state index in [0.717, 1.165) is 34.0 Å². The van der Waals surface area contributed by atoms with E-state index in [-0.39, 0.29) is 11.1 Å². The molecule has 164 valence electrons. The third-order valence-corrected chi connectivity index (χ3v) is 6.72. The van der Waals surface area contributed by atoms with Crippen molar-refractivity contribution >= 4 is 28.2 Å². The first-order valence-electron chi connectivity index (χ1n) is 9.63. The number of hydrogen-bond acceptors (Lipinski definition) is 4. The normalized spacial score (nSPS) is 17.0. The molecular weight excluding hydrogens is 417 g/mol. The van der Waals surface area contributed by atoms with Crippen molar-refractivity contribution in [3.05, 3.63) is 33.5 Å². The van der Waals surface area contributed by atoms with Crippen molar-refractivity contribution in [2.45, 2.75) is 59.7 Å². The standard InChI is InChI=1S/C20H25F3N4O2S/c1-10-7-14(20(21,22)23)26-27(10)9-15(28)25-18-16(17(24)29)12-6-5-11(19(2,3)4)8-13(12)30-18/h7,11H,5-6,8-9H2,1-4H3,(H2,24,29)(H,25,28). The zero-order valence-electron chi connectivity index (χ0n) is 17.3. The van der Waals surface area contributed by atoms with Gasteiger partial charge in [-0.25, -0.2) is 0 Å². The smallest absolute Gasteiger partial charge is 0.365 e. The topological polar surface area (TPSA) is 90.0 Å². The summed E-state index contributed by atoms with van der Waals surface area (Å²) in [7, 11) is 0. The van der Waals surface area contributed by atoms with Gasteiger partial charge in [0, 0.05) is 10.6 Å². The number of anilines is 1. The molecular formula is C20H25F3N4O2S. The molecule has 1 atom stereocenters. The largest absolute Gasteiger partial charge is 0.435 e. The highest BCUT2D eigenvalue weighted by Gasteiger charge is 2.35. The average Bonchev–Trinajstić information content (AvgIpc) is 3.13. The third-order valence-electron chi connectivity index (χ3n) is 5.55. The Balaban J connectivity index is 1.82. The molecule has 3 N–H and O–H groups in total. The number of thiophene rings is 1. The third kappa shape index (κ3) is 4.53. The van der Waals surface area contributed by atoms with Crippen LogP contribution < -0.4 is 11.1 Å². The fourth-order valence-electron chi connectivity index (χ4n) is 3.78. The number of carbonyl (C=O) groups is 2. The highest BCUT2D eigenvalue weighted by Crippen LogP contribution is 2.44.